The molecule has 5 nitrogen and oxygen atoms in total. The van der Waals surface area contributed by atoms with Gasteiger partial charge in [-0.3, -0.25) is 0 Å². The molecule has 1 aromatic carbocycles. The number of hydrogen-bond acceptors (Lipinski definition) is 2. The summed E-state index contributed by atoms with van der Waals surface area (Å²) in [6, 6.07) is 3.85. The van der Waals surface area contributed by atoms with Gasteiger partial charge in [-0.15, -0.1) is 6.42 Å². The van der Waals surface area contributed by atoms with Crippen LogP contribution in [0.3, 0.4) is 0 Å². The van der Waals surface area contributed by atoms with Crippen LogP contribution in [0.1, 0.15) is 17.3 Å². The van der Waals surface area contributed by atoms with E-state index in [9.17, 15) is 9.59 Å². The topological polar surface area (TPSA) is 69.6 Å². The van der Waals surface area contributed by atoms with Crippen molar-refractivity contribution in [2.75, 3.05) is 18.4 Å². The molecule has 2 N–H and O–H groups in total. The molecule has 0 unspecified atom stereocenters. The molecule has 0 aliphatic heterocycles. The minimum atomic E-state index is -1.16. The Morgan fingerprint density at radius 2 is 2.21 bits per heavy atom. The maximum atomic E-state index is 11.8. The molecule has 0 aromatic heterocycles. The Bertz CT molecular complexity index is 537. The van der Waals surface area contributed by atoms with E-state index in [1.807, 2.05) is 0 Å². The molecule has 0 saturated heterocycles. The number of nitrogens with one attached hydrogen (secondary N) is 1. The first-order valence-corrected chi connectivity index (χ1v) is 5.89. The van der Waals surface area contributed by atoms with Crippen molar-refractivity contribution in [2.45, 2.75) is 6.92 Å². The first-order valence-electron chi connectivity index (χ1n) is 5.51. The fourth-order valence-corrected chi connectivity index (χ4v) is 1.61. The van der Waals surface area contributed by atoms with Gasteiger partial charge in [0.2, 0.25) is 0 Å². The van der Waals surface area contributed by atoms with Gasteiger partial charge < -0.3 is 15.3 Å². The summed E-state index contributed by atoms with van der Waals surface area (Å²) >= 11 is 5.74. The predicted molar refractivity (Wildman–Crippen MR) is 73.5 cm³/mol. The summed E-state index contributed by atoms with van der Waals surface area (Å²) in [4.78, 5) is 24.2. The third kappa shape index (κ3) is 3.90. The molecule has 0 heterocycles. The number of benzene rings is 1. The number of nitrogens with zero attached hydrogens (tertiary/aromatic N) is 1. The van der Waals surface area contributed by atoms with Gasteiger partial charge >= 0.3 is 12.0 Å². The molecule has 0 radical (unpaired) electrons. The number of carboxylic acids is 1. The first kappa shape index (κ1) is 14.9. The van der Waals surface area contributed by atoms with Gasteiger partial charge in [-0.1, -0.05) is 17.5 Å². The highest BCUT2D eigenvalue weighted by atomic mass is 35.5. The third-order valence-electron chi connectivity index (χ3n) is 2.40. The van der Waals surface area contributed by atoms with E-state index < -0.39 is 5.97 Å². The van der Waals surface area contributed by atoms with Gasteiger partial charge in [0.05, 0.1) is 17.1 Å². The molecule has 19 heavy (non-hydrogen) atoms. The highest BCUT2D eigenvalue weighted by molar-refractivity contribution is 6.33. The van der Waals surface area contributed by atoms with Crippen LogP contribution in [0.4, 0.5) is 10.5 Å². The molecule has 0 spiro atoms. The molecule has 2 amide bonds. The number of halogens is 1. The lowest BCUT2D eigenvalue weighted by Crippen LogP contribution is -2.35. The van der Waals surface area contributed by atoms with Crippen molar-refractivity contribution in [1.82, 2.24) is 4.90 Å². The highest BCUT2D eigenvalue weighted by Gasteiger charge is 2.13. The largest absolute Gasteiger partial charge is 0.478 e. The van der Waals surface area contributed by atoms with Crippen LogP contribution in [-0.4, -0.2) is 35.1 Å². The van der Waals surface area contributed by atoms with Crippen molar-refractivity contribution in [3.05, 3.63) is 28.8 Å². The number of aromatic carboxylic acids is 1. The lowest BCUT2D eigenvalue weighted by Gasteiger charge is -2.18. The van der Waals surface area contributed by atoms with E-state index in [0.29, 0.717) is 12.2 Å². The third-order valence-corrected chi connectivity index (χ3v) is 2.73. The van der Waals surface area contributed by atoms with Gasteiger partial charge in [0, 0.05) is 12.2 Å². The summed E-state index contributed by atoms with van der Waals surface area (Å²) in [6.45, 7) is 2.43. The number of carbonyl (C=O) groups is 2. The van der Waals surface area contributed by atoms with Crippen LogP contribution >= 0.6 is 11.6 Å². The standard InChI is InChI=1S/C13H13ClN2O3/c1-3-7-16(4-2)13(19)15-9-5-6-11(14)10(8-9)12(17)18/h1,5-6,8H,4,7H2,2H3,(H,15,19)(H,17,18). The summed E-state index contributed by atoms with van der Waals surface area (Å²) in [7, 11) is 0. The molecule has 0 bridgehead atoms. The number of carbonyl (C=O) groups excluding carboxylic acids is 1. The lowest BCUT2D eigenvalue weighted by atomic mass is 10.2. The molecule has 1 rings (SSSR count). The molecule has 0 aliphatic rings. The van der Waals surface area contributed by atoms with Gasteiger partial charge in [-0.2, -0.15) is 0 Å². The van der Waals surface area contributed by atoms with Crippen LogP contribution in [0.2, 0.25) is 5.02 Å². The normalized spacial score (nSPS) is 9.53. The zero-order valence-corrected chi connectivity index (χ0v) is 11.1. The SMILES string of the molecule is C#CCN(CC)C(=O)Nc1ccc(Cl)c(C(=O)O)c1. The van der Waals surface area contributed by atoms with E-state index in [4.69, 9.17) is 23.1 Å². The minimum Gasteiger partial charge on any atom is -0.478 e. The van der Waals surface area contributed by atoms with E-state index in [-0.39, 0.29) is 23.2 Å². The van der Waals surface area contributed by atoms with E-state index in [0.717, 1.165) is 0 Å². The Morgan fingerprint density at radius 1 is 1.53 bits per heavy atom. The Morgan fingerprint density at radius 3 is 2.74 bits per heavy atom. The van der Waals surface area contributed by atoms with Crippen LogP contribution in [0.15, 0.2) is 18.2 Å². The number of urea groups is 1. The number of carboxylic acid groups (broad SMARTS) is 1. The van der Waals surface area contributed by atoms with Crippen LogP contribution in [0.5, 0.6) is 0 Å². The molecule has 0 aliphatic carbocycles. The molecule has 1 aromatic rings. The maximum absolute atomic E-state index is 11.8. The zero-order chi connectivity index (χ0) is 14.4. The Labute approximate surface area is 116 Å². The van der Waals surface area contributed by atoms with Gasteiger partial charge in [-0.05, 0) is 25.1 Å². The monoisotopic (exact) mass is 280 g/mol. The molecule has 100 valence electrons. The van der Waals surface area contributed by atoms with Crippen molar-refractivity contribution in [2.24, 2.45) is 0 Å². The quantitative estimate of drug-likeness (QED) is 0.833. The lowest BCUT2D eigenvalue weighted by molar-refractivity contribution is 0.0697. The Kier molecular flexibility index (Phi) is 5.22. The van der Waals surface area contributed by atoms with Crippen LogP contribution in [-0.2, 0) is 0 Å². The van der Waals surface area contributed by atoms with Gasteiger partial charge in [0.1, 0.15) is 0 Å². The molecule has 0 atom stereocenters. The summed E-state index contributed by atoms with van der Waals surface area (Å²) in [6.07, 6.45) is 5.15. The average molecular weight is 281 g/mol. The van der Waals surface area contributed by atoms with Crippen LogP contribution < -0.4 is 5.32 Å². The number of hydrogen-bond donors (Lipinski definition) is 2. The Balaban J connectivity index is 2.88. The summed E-state index contributed by atoms with van der Waals surface area (Å²) in [5, 5.41) is 11.6. The van der Waals surface area contributed by atoms with Crippen molar-refractivity contribution in [3.63, 3.8) is 0 Å². The summed E-state index contributed by atoms with van der Waals surface area (Å²) in [5.74, 6) is 1.22. The van der Waals surface area contributed by atoms with Gasteiger partial charge in [0.25, 0.3) is 0 Å². The van der Waals surface area contributed by atoms with Crippen LogP contribution in [0, 0.1) is 12.3 Å². The van der Waals surface area contributed by atoms with E-state index in [1.165, 1.54) is 23.1 Å². The second-order valence-corrected chi connectivity index (χ2v) is 4.06. The fourth-order valence-electron chi connectivity index (χ4n) is 1.41. The average Bonchev–Trinajstić information content (AvgIpc) is 2.37. The maximum Gasteiger partial charge on any atom is 0.337 e. The number of terminal acetylenes is 1. The molecule has 0 fully saturated rings. The van der Waals surface area contributed by atoms with Crippen molar-refractivity contribution in [1.29, 1.82) is 0 Å². The minimum absolute atomic E-state index is 0.0699. The highest BCUT2D eigenvalue weighted by Crippen LogP contribution is 2.20. The van der Waals surface area contributed by atoms with Crippen LogP contribution in [0.25, 0.3) is 0 Å². The summed E-state index contributed by atoms with van der Waals surface area (Å²) < 4.78 is 0. The van der Waals surface area contributed by atoms with Gasteiger partial charge in [0.15, 0.2) is 0 Å². The predicted octanol–water partition coefficient (Wildman–Crippen LogP) is 2.53. The molecular weight excluding hydrogens is 268 g/mol. The Hall–Kier alpha value is -2.19. The zero-order valence-electron chi connectivity index (χ0n) is 10.3. The number of rotatable bonds is 4. The van der Waals surface area contributed by atoms with Gasteiger partial charge in [-0.25, -0.2) is 9.59 Å². The van der Waals surface area contributed by atoms with E-state index >= 15 is 0 Å². The van der Waals surface area contributed by atoms with Crippen molar-refractivity contribution in [3.8, 4) is 12.3 Å². The molecule has 0 saturated carbocycles. The molecule has 6 heteroatoms. The number of amides is 2. The van der Waals surface area contributed by atoms with Crippen molar-refractivity contribution < 1.29 is 14.7 Å². The first-order chi connectivity index (χ1) is 8.99. The fraction of sp³-hybridized carbons (Fsp3) is 0.231. The molecular formula is C13H13ClN2O3. The summed E-state index contributed by atoms with van der Waals surface area (Å²) in [5.41, 5.74) is 0.279. The smallest absolute Gasteiger partial charge is 0.337 e. The van der Waals surface area contributed by atoms with E-state index in [2.05, 4.69) is 11.2 Å². The van der Waals surface area contributed by atoms with Crippen molar-refractivity contribution >= 4 is 29.3 Å². The second-order valence-electron chi connectivity index (χ2n) is 3.65. The second kappa shape index (κ2) is 6.66. The van der Waals surface area contributed by atoms with E-state index in [1.54, 1.807) is 6.92 Å². The number of anilines is 1.